The van der Waals surface area contributed by atoms with E-state index in [1.165, 1.54) is 7.11 Å². The Hall–Kier alpha value is -2.26. The van der Waals surface area contributed by atoms with Crippen LogP contribution in [-0.4, -0.2) is 68.1 Å². The van der Waals surface area contributed by atoms with Crippen molar-refractivity contribution in [1.29, 1.82) is 0 Å². The lowest BCUT2D eigenvalue weighted by Crippen LogP contribution is -2.61. The second kappa shape index (κ2) is 5.12. The highest BCUT2D eigenvalue weighted by Crippen LogP contribution is 2.43. The molecule has 128 valence electrons. The van der Waals surface area contributed by atoms with E-state index < -0.39 is 46.6 Å². The summed E-state index contributed by atoms with van der Waals surface area (Å²) in [5.41, 5.74) is -3.61. The van der Waals surface area contributed by atoms with Crippen molar-refractivity contribution in [2.45, 2.75) is 30.8 Å². The number of methoxy groups -OCH3 is 1. The molecule has 4 atom stereocenters. The lowest BCUT2D eigenvalue weighted by atomic mass is 9.68. The number of fused-ring (bicyclic) bond motifs is 1. The quantitative estimate of drug-likeness (QED) is 0.436. The van der Waals surface area contributed by atoms with Crippen LogP contribution in [0.4, 0.5) is 0 Å². The fourth-order valence-corrected chi connectivity index (χ4v) is 3.20. The molecular formula is C16H16O8. The summed E-state index contributed by atoms with van der Waals surface area (Å²) in [5.74, 6) is -2.07. The first-order chi connectivity index (χ1) is 11.1. The van der Waals surface area contributed by atoms with Crippen molar-refractivity contribution in [2.24, 2.45) is 0 Å². The van der Waals surface area contributed by atoms with Crippen LogP contribution in [0.25, 0.3) is 0 Å². The van der Waals surface area contributed by atoms with Crippen LogP contribution in [0.1, 0.15) is 27.6 Å². The number of phenolic OH excluding ortho intramolecular Hbond substituents is 1. The van der Waals surface area contributed by atoms with Gasteiger partial charge in [0.15, 0.2) is 11.6 Å². The number of rotatable bonds is 1. The number of Topliss-reactive ketones (excluding diaryl/α,β-unsaturated/α-hetero) is 2. The van der Waals surface area contributed by atoms with Crippen LogP contribution < -0.4 is 4.74 Å². The Morgan fingerprint density at radius 2 is 1.71 bits per heavy atom. The molecule has 0 bridgehead atoms. The van der Waals surface area contributed by atoms with Crippen molar-refractivity contribution in [3.8, 4) is 11.5 Å². The highest BCUT2D eigenvalue weighted by atomic mass is 16.5. The van der Waals surface area contributed by atoms with Crippen LogP contribution >= 0.6 is 0 Å². The fraction of sp³-hybridized carbons (Fsp3) is 0.375. The van der Waals surface area contributed by atoms with Crippen LogP contribution in [0, 0.1) is 0 Å². The Morgan fingerprint density at radius 1 is 1.08 bits per heavy atom. The standard InChI is InChI=1S/C16H16O8/c1-16(23)14(21)10-9(13(20)15(16)22)12(19)8-6(11(10)18)3-5(17)4-7(8)24-2/h3-4,13-15,17,20-23H,1-2H3/t13-,14+,15+,16-/m0/s1. The van der Waals surface area contributed by atoms with Crippen LogP contribution in [0.5, 0.6) is 11.5 Å². The molecule has 1 aromatic rings. The molecule has 0 aromatic heterocycles. The van der Waals surface area contributed by atoms with E-state index in [0.717, 1.165) is 19.1 Å². The molecule has 8 heteroatoms. The second-order valence-electron chi connectivity index (χ2n) is 6.07. The van der Waals surface area contributed by atoms with Crippen molar-refractivity contribution >= 4 is 11.6 Å². The topological polar surface area (TPSA) is 145 Å². The maximum absolute atomic E-state index is 12.8. The first-order valence-corrected chi connectivity index (χ1v) is 7.14. The van der Waals surface area contributed by atoms with Crippen LogP contribution in [0.15, 0.2) is 23.3 Å². The maximum Gasteiger partial charge on any atom is 0.196 e. The number of carbonyl (C=O) groups excluding carboxylic acids is 2. The number of phenols is 1. The van der Waals surface area contributed by atoms with Gasteiger partial charge in [0.1, 0.15) is 35.4 Å². The van der Waals surface area contributed by atoms with Gasteiger partial charge in [-0.3, -0.25) is 9.59 Å². The minimum atomic E-state index is -2.23. The lowest BCUT2D eigenvalue weighted by Gasteiger charge is -2.43. The Balaban J connectivity index is 2.31. The Labute approximate surface area is 136 Å². The van der Waals surface area contributed by atoms with Gasteiger partial charge < -0.3 is 30.3 Å². The highest BCUT2D eigenvalue weighted by Gasteiger charge is 2.55. The van der Waals surface area contributed by atoms with E-state index >= 15 is 0 Å². The zero-order valence-electron chi connectivity index (χ0n) is 12.8. The average Bonchev–Trinajstić information content (AvgIpc) is 2.53. The van der Waals surface area contributed by atoms with Gasteiger partial charge in [0, 0.05) is 22.8 Å². The smallest absolute Gasteiger partial charge is 0.196 e. The minimum Gasteiger partial charge on any atom is -0.508 e. The van der Waals surface area contributed by atoms with Gasteiger partial charge in [-0.1, -0.05) is 0 Å². The zero-order valence-corrected chi connectivity index (χ0v) is 12.8. The molecule has 8 nitrogen and oxygen atoms in total. The number of carbonyl (C=O) groups is 2. The summed E-state index contributed by atoms with van der Waals surface area (Å²) in [6.45, 7) is 1.05. The maximum atomic E-state index is 12.8. The molecule has 24 heavy (non-hydrogen) atoms. The van der Waals surface area contributed by atoms with Gasteiger partial charge in [0.2, 0.25) is 0 Å². The Bertz CT molecular complexity index is 792. The summed E-state index contributed by atoms with van der Waals surface area (Å²) >= 11 is 0. The number of ketones is 2. The van der Waals surface area contributed by atoms with E-state index in [4.69, 9.17) is 4.74 Å². The molecular weight excluding hydrogens is 320 g/mol. The molecule has 2 aliphatic rings. The second-order valence-corrected chi connectivity index (χ2v) is 6.07. The summed E-state index contributed by atoms with van der Waals surface area (Å²) in [6.07, 6.45) is -5.61. The number of aliphatic hydroxyl groups excluding tert-OH is 3. The molecule has 0 aliphatic heterocycles. The molecule has 1 aromatic carbocycles. The van der Waals surface area contributed by atoms with Gasteiger partial charge in [0.25, 0.3) is 0 Å². The molecule has 0 spiro atoms. The Morgan fingerprint density at radius 3 is 2.29 bits per heavy atom. The molecule has 0 heterocycles. The van der Waals surface area contributed by atoms with Gasteiger partial charge in [-0.05, 0) is 13.0 Å². The first kappa shape index (κ1) is 16.6. The van der Waals surface area contributed by atoms with E-state index in [9.17, 15) is 35.1 Å². The predicted molar refractivity (Wildman–Crippen MR) is 79.0 cm³/mol. The number of aliphatic hydroxyl groups is 4. The first-order valence-electron chi connectivity index (χ1n) is 7.14. The number of ether oxygens (including phenoxy) is 1. The molecule has 5 N–H and O–H groups in total. The third-order valence-electron chi connectivity index (χ3n) is 4.58. The molecule has 3 rings (SSSR count). The van der Waals surface area contributed by atoms with E-state index in [0.29, 0.717) is 0 Å². The van der Waals surface area contributed by atoms with Crippen LogP contribution in [0.2, 0.25) is 0 Å². The van der Waals surface area contributed by atoms with Crippen molar-refractivity contribution in [3.63, 3.8) is 0 Å². The van der Waals surface area contributed by atoms with Crippen LogP contribution in [-0.2, 0) is 0 Å². The minimum absolute atomic E-state index is 0.0802. The highest BCUT2D eigenvalue weighted by molar-refractivity contribution is 6.29. The summed E-state index contributed by atoms with van der Waals surface area (Å²) < 4.78 is 5.01. The van der Waals surface area contributed by atoms with E-state index in [-0.39, 0.29) is 22.6 Å². The van der Waals surface area contributed by atoms with Crippen molar-refractivity contribution < 1.29 is 39.9 Å². The number of benzene rings is 1. The van der Waals surface area contributed by atoms with E-state index in [2.05, 4.69) is 0 Å². The van der Waals surface area contributed by atoms with Gasteiger partial charge >= 0.3 is 0 Å². The number of aromatic hydroxyl groups is 1. The summed E-state index contributed by atoms with van der Waals surface area (Å²) in [4.78, 5) is 25.5. The van der Waals surface area contributed by atoms with E-state index in [1.807, 2.05) is 0 Å². The molecule has 2 aliphatic carbocycles. The predicted octanol–water partition coefficient (Wildman–Crippen LogP) is -1.08. The zero-order chi connectivity index (χ0) is 18.0. The Kier molecular flexibility index (Phi) is 3.54. The summed E-state index contributed by atoms with van der Waals surface area (Å²) in [6, 6.07) is 2.18. The molecule has 0 amide bonds. The monoisotopic (exact) mass is 336 g/mol. The molecule has 0 saturated carbocycles. The largest absolute Gasteiger partial charge is 0.508 e. The summed E-state index contributed by atoms with van der Waals surface area (Å²) in [5, 5.41) is 50.4. The molecule has 0 saturated heterocycles. The molecule has 0 radical (unpaired) electrons. The van der Waals surface area contributed by atoms with E-state index in [1.54, 1.807) is 0 Å². The summed E-state index contributed by atoms with van der Waals surface area (Å²) in [7, 11) is 1.24. The van der Waals surface area contributed by atoms with Crippen LogP contribution in [0.3, 0.4) is 0 Å². The van der Waals surface area contributed by atoms with Crippen molar-refractivity contribution in [3.05, 3.63) is 34.4 Å². The number of hydrogen-bond donors (Lipinski definition) is 5. The van der Waals surface area contributed by atoms with Gasteiger partial charge in [-0.25, -0.2) is 0 Å². The van der Waals surface area contributed by atoms with Gasteiger partial charge in [-0.2, -0.15) is 0 Å². The SMILES string of the molecule is COc1cc(O)cc2c1C(=O)C1=C(C2=O)[C@@H](O)[C@](C)(O)[C@H](O)[C@H]1O. The number of hydrogen-bond acceptors (Lipinski definition) is 8. The average molecular weight is 336 g/mol. The van der Waals surface area contributed by atoms with Gasteiger partial charge in [0.05, 0.1) is 12.7 Å². The van der Waals surface area contributed by atoms with Crippen molar-refractivity contribution in [1.82, 2.24) is 0 Å². The van der Waals surface area contributed by atoms with Crippen molar-refractivity contribution in [2.75, 3.05) is 7.11 Å². The third-order valence-corrected chi connectivity index (χ3v) is 4.58. The fourth-order valence-electron chi connectivity index (χ4n) is 3.20. The molecule has 0 unspecified atom stereocenters. The third kappa shape index (κ3) is 1.94. The van der Waals surface area contributed by atoms with Gasteiger partial charge in [-0.15, -0.1) is 0 Å². The normalized spacial score (nSPS) is 32.5. The lowest BCUT2D eigenvalue weighted by molar-refractivity contribution is -0.158. The molecule has 0 fully saturated rings.